The number of Topliss-reactive ketones (excluding diaryl/α,β-unsaturated/α-hetero) is 1. The zero-order valence-corrected chi connectivity index (χ0v) is 19.0. The SMILES string of the molecule is CC(=O)c1ccc(N2CCN(C(=O)[C@@H](NC(=O)c3ccccc3C)C(C)C)CC2)c(F)c1. The van der Waals surface area contributed by atoms with Crippen molar-refractivity contribution in [3.63, 3.8) is 0 Å². The quantitative estimate of drug-likeness (QED) is 0.700. The van der Waals surface area contributed by atoms with E-state index < -0.39 is 11.9 Å². The Morgan fingerprint density at radius 3 is 2.22 bits per heavy atom. The van der Waals surface area contributed by atoms with E-state index in [1.54, 1.807) is 29.2 Å². The Hall–Kier alpha value is -3.22. The van der Waals surface area contributed by atoms with Crippen molar-refractivity contribution in [1.29, 1.82) is 0 Å². The lowest BCUT2D eigenvalue weighted by Crippen LogP contribution is -2.56. The van der Waals surface area contributed by atoms with Gasteiger partial charge in [0.15, 0.2) is 5.78 Å². The molecule has 1 N–H and O–H groups in total. The van der Waals surface area contributed by atoms with Crippen LogP contribution in [0.1, 0.15) is 47.1 Å². The number of piperazine rings is 1. The number of aryl methyl sites for hydroxylation is 1. The molecule has 0 aliphatic carbocycles. The summed E-state index contributed by atoms with van der Waals surface area (Å²) in [5.74, 6) is -1.10. The van der Waals surface area contributed by atoms with Gasteiger partial charge in [0.1, 0.15) is 11.9 Å². The fourth-order valence-corrected chi connectivity index (χ4v) is 3.91. The van der Waals surface area contributed by atoms with Gasteiger partial charge in [-0.15, -0.1) is 0 Å². The van der Waals surface area contributed by atoms with Crippen molar-refractivity contribution < 1.29 is 18.8 Å². The first-order valence-electron chi connectivity index (χ1n) is 10.9. The number of benzene rings is 2. The van der Waals surface area contributed by atoms with Crippen molar-refractivity contribution in [2.45, 2.75) is 33.7 Å². The molecule has 1 saturated heterocycles. The second kappa shape index (κ2) is 9.94. The third kappa shape index (κ3) is 5.15. The molecule has 1 heterocycles. The number of ketones is 1. The highest BCUT2D eigenvalue weighted by atomic mass is 19.1. The fraction of sp³-hybridized carbons (Fsp3) is 0.400. The zero-order valence-electron chi connectivity index (χ0n) is 19.0. The number of carbonyl (C=O) groups is 3. The number of anilines is 1. The summed E-state index contributed by atoms with van der Waals surface area (Å²) in [5.41, 5.74) is 2.17. The summed E-state index contributed by atoms with van der Waals surface area (Å²) >= 11 is 0. The first kappa shape index (κ1) is 23.4. The highest BCUT2D eigenvalue weighted by Crippen LogP contribution is 2.23. The Kier molecular flexibility index (Phi) is 7.28. The van der Waals surface area contributed by atoms with Crippen LogP contribution in [-0.4, -0.2) is 54.7 Å². The minimum absolute atomic E-state index is 0.0786. The van der Waals surface area contributed by atoms with Crippen molar-refractivity contribution in [2.24, 2.45) is 5.92 Å². The van der Waals surface area contributed by atoms with Gasteiger partial charge in [0.05, 0.1) is 5.69 Å². The molecule has 1 fully saturated rings. The standard InChI is InChI=1S/C25H30FN3O3/c1-16(2)23(27-24(31)20-8-6-5-7-17(20)3)25(32)29-13-11-28(12-14-29)22-10-9-19(18(4)30)15-21(22)26/h5-10,15-16,23H,11-14H2,1-4H3,(H,27,31)/t23-/m0/s1. The predicted molar refractivity (Wildman–Crippen MR) is 122 cm³/mol. The van der Waals surface area contributed by atoms with Crippen LogP contribution in [0.4, 0.5) is 10.1 Å². The van der Waals surface area contributed by atoms with Gasteiger partial charge in [-0.3, -0.25) is 14.4 Å². The molecule has 2 aromatic rings. The number of nitrogens with one attached hydrogen (secondary N) is 1. The Bertz CT molecular complexity index is 1010. The summed E-state index contributed by atoms with van der Waals surface area (Å²) < 4.78 is 14.5. The van der Waals surface area contributed by atoms with Crippen LogP contribution < -0.4 is 10.2 Å². The van der Waals surface area contributed by atoms with Gasteiger partial charge in [-0.25, -0.2) is 4.39 Å². The van der Waals surface area contributed by atoms with E-state index in [4.69, 9.17) is 0 Å². The molecule has 6 nitrogen and oxygen atoms in total. The van der Waals surface area contributed by atoms with Crippen LogP contribution >= 0.6 is 0 Å². The van der Waals surface area contributed by atoms with Crippen LogP contribution in [0.5, 0.6) is 0 Å². The molecule has 0 saturated carbocycles. The lowest BCUT2D eigenvalue weighted by molar-refractivity contribution is -0.134. The lowest BCUT2D eigenvalue weighted by atomic mass is 10.0. The third-order valence-electron chi connectivity index (χ3n) is 5.90. The molecule has 3 rings (SSSR count). The van der Waals surface area contributed by atoms with Crippen LogP contribution in [0, 0.1) is 18.7 Å². The topological polar surface area (TPSA) is 69.7 Å². The minimum atomic E-state index is -0.639. The van der Waals surface area contributed by atoms with Crippen molar-refractivity contribution in [1.82, 2.24) is 10.2 Å². The molecule has 0 radical (unpaired) electrons. The molecular formula is C25H30FN3O3. The smallest absolute Gasteiger partial charge is 0.252 e. The highest BCUT2D eigenvalue weighted by molar-refractivity contribution is 5.98. The second-order valence-electron chi connectivity index (χ2n) is 8.54. The van der Waals surface area contributed by atoms with E-state index in [-0.39, 0.29) is 23.5 Å². The van der Waals surface area contributed by atoms with E-state index >= 15 is 0 Å². The number of amides is 2. The average Bonchev–Trinajstić information content (AvgIpc) is 2.77. The van der Waals surface area contributed by atoms with E-state index in [1.807, 2.05) is 37.8 Å². The normalized spacial score (nSPS) is 14.9. The first-order chi connectivity index (χ1) is 15.2. The molecule has 7 heteroatoms. The van der Waals surface area contributed by atoms with E-state index in [0.29, 0.717) is 43.0 Å². The molecule has 0 unspecified atom stereocenters. The number of nitrogens with zero attached hydrogens (tertiary/aromatic N) is 2. The zero-order chi connectivity index (χ0) is 23.4. The van der Waals surface area contributed by atoms with Gasteiger partial charge in [0, 0.05) is 37.3 Å². The van der Waals surface area contributed by atoms with Crippen LogP contribution in [0.2, 0.25) is 0 Å². The summed E-state index contributed by atoms with van der Waals surface area (Å²) in [6, 6.07) is 11.1. The summed E-state index contributed by atoms with van der Waals surface area (Å²) in [6.45, 7) is 8.87. The van der Waals surface area contributed by atoms with Gasteiger partial charge >= 0.3 is 0 Å². The number of hydrogen-bond acceptors (Lipinski definition) is 4. The number of carbonyl (C=O) groups excluding carboxylic acids is 3. The number of hydrogen-bond donors (Lipinski definition) is 1. The molecule has 1 atom stereocenters. The summed E-state index contributed by atoms with van der Waals surface area (Å²) in [7, 11) is 0. The summed E-state index contributed by atoms with van der Waals surface area (Å²) in [4.78, 5) is 41.0. The first-order valence-corrected chi connectivity index (χ1v) is 10.9. The summed E-state index contributed by atoms with van der Waals surface area (Å²) in [5, 5.41) is 2.90. The number of halogens is 1. The van der Waals surface area contributed by atoms with Crippen molar-refractivity contribution >= 4 is 23.3 Å². The van der Waals surface area contributed by atoms with Crippen LogP contribution in [0.25, 0.3) is 0 Å². The minimum Gasteiger partial charge on any atom is -0.366 e. The maximum atomic E-state index is 14.5. The largest absolute Gasteiger partial charge is 0.366 e. The maximum absolute atomic E-state index is 14.5. The van der Waals surface area contributed by atoms with E-state index in [0.717, 1.165) is 5.56 Å². The average molecular weight is 440 g/mol. The van der Waals surface area contributed by atoms with Crippen molar-refractivity contribution in [3.8, 4) is 0 Å². The third-order valence-corrected chi connectivity index (χ3v) is 5.90. The van der Waals surface area contributed by atoms with Crippen molar-refractivity contribution in [2.75, 3.05) is 31.1 Å². The maximum Gasteiger partial charge on any atom is 0.252 e. The van der Waals surface area contributed by atoms with Gasteiger partial charge < -0.3 is 15.1 Å². The molecule has 0 bridgehead atoms. The molecule has 1 aliphatic heterocycles. The Morgan fingerprint density at radius 2 is 1.66 bits per heavy atom. The van der Waals surface area contributed by atoms with Gasteiger partial charge in [0.25, 0.3) is 5.91 Å². The van der Waals surface area contributed by atoms with Gasteiger partial charge in [-0.05, 0) is 49.6 Å². The fourth-order valence-electron chi connectivity index (χ4n) is 3.91. The van der Waals surface area contributed by atoms with Crippen LogP contribution in [0.15, 0.2) is 42.5 Å². The van der Waals surface area contributed by atoms with E-state index in [9.17, 15) is 18.8 Å². The Balaban J connectivity index is 1.65. The molecular weight excluding hydrogens is 409 g/mol. The molecule has 32 heavy (non-hydrogen) atoms. The van der Waals surface area contributed by atoms with Gasteiger partial charge in [-0.2, -0.15) is 0 Å². The van der Waals surface area contributed by atoms with E-state index in [1.165, 1.54) is 13.0 Å². The monoisotopic (exact) mass is 439 g/mol. The predicted octanol–water partition coefficient (Wildman–Crippen LogP) is 3.44. The van der Waals surface area contributed by atoms with Gasteiger partial charge in [-0.1, -0.05) is 32.0 Å². The Morgan fingerprint density at radius 1 is 1.00 bits per heavy atom. The highest BCUT2D eigenvalue weighted by Gasteiger charge is 2.31. The molecule has 170 valence electrons. The Labute approximate surface area is 188 Å². The molecule has 2 amide bonds. The molecule has 0 spiro atoms. The molecule has 1 aliphatic rings. The second-order valence-corrected chi connectivity index (χ2v) is 8.54. The number of rotatable bonds is 6. The van der Waals surface area contributed by atoms with Crippen LogP contribution in [0.3, 0.4) is 0 Å². The summed E-state index contributed by atoms with van der Waals surface area (Å²) in [6.07, 6.45) is 0. The molecule has 2 aromatic carbocycles. The lowest BCUT2D eigenvalue weighted by Gasteiger charge is -2.38. The van der Waals surface area contributed by atoms with E-state index in [2.05, 4.69) is 5.32 Å². The van der Waals surface area contributed by atoms with Crippen molar-refractivity contribution in [3.05, 3.63) is 65.0 Å². The van der Waals surface area contributed by atoms with Gasteiger partial charge in [0.2, 0.25) is 5.91 Å². The molecule has 0 aromatic heterocycles. The van der Waals surface area contributed by atoms with Crippen LogP contribution in [-0.2, 0) is 4.79 Å².